The Morgan fingerprint density at radius 1 is 1.50 bits per heavy atom. The molecule has 1 aromatic carbocycles. The average molecular weight is 217 g/mol. The molecule has 0 atom stereocenters. The van der Waals surface area contributed by atoms with Crippen molar-refractivity contribution in [2.45, 2.75) is 26.7 Å². The van der Waals surface area contributed by atoms with E-state index in [-0.39, 0.29) is 12.4 Å². The molecule has 16 heavy (non-hydrogen) atoms. The molecule has 0 saturated heterocycles. The van der Waals surface area contributed by atoms with Crippen LogP contribution in [-0.4, -0.2) is 13.1 Å². The van der Waals surface area contributed by atoms with Crippen molar-refractivity contribution >= 4 is 5.97 Å². The van der Waals surface area contributed by atoms with E-state index < -0.39 is 0 Å². The summed E-state index contributed by atoms with van der Waals surface area (Å²) in [4.78, 5) is 11.2. The van der Waals surface area contributed by atoms with Crippen molar-refractivity contribution in [3.63, 3.8) is 0 Å². The maximum Gasteiger partial charge on any atom is 0.310 e. The van der Waals surface area contributed by atoms with Crippen LogP contribution < -0.4 is 0 Å². The predicted octanol–water partition coefficient (Wildman–Crippen LogP) is 2.14. The van der Waals surface area contributed by atoms with Gasteiger partial charge in [-0.15, -0.1) is 0 Å². The third-order valence-corrected chi connectivity index (χ3v) is 2.56. The molecule has 1 rings (SSSR count). The molecule has 84 valence electrons. The molecule has 0 aliphatic carbocycles. The van der Waals surface area contributed by atoms with Crippen molar-refractivity contribution in [3.05, 3.63) is 34.4 Å². The normalized spacial score (nSPS) is 9.62. The van der Waals surface area contributed by atoms with Crippen molar-refractivity contribution in [2.75, 3.05) is 7.11 Å². The highest BCUT2D eigenvalue weighted by Gasteiger charge is 2.11. The molecule has 0 amide bonds. The van der Waals surface area contributed by atoms with Crippen LogP contribution in [0.3, 0.4) is 0 Å². The molecule has 3 heteroatoms. The molecule has 0 fully saturated rings. The van der Waals surface area contributed by atoms with Crippen LogP contribution in [0.2, 0.25) is 0 Å². The molecule has 0 heterocycles. The van der Waals surface area contributed by atoms with Gasteiger partial charge in [-0.2, -0.15) is 5.26 Å². The lowest BCUT2D eigenvalue weighted by molar-refractivity contribution is -0.139. The van der Waals surface area contributed by atoms with E-state index in [0.717, 1.165) is 23.1 Å². The lowest BCUT2D eigenvalue weighted by Crippen LogP contribution is -2.07. The molecule has 0 aliphatic heterocycles. The quantitative estimate of drug-likeness (QED) is 0.729. The van der Waals surface area contributed by atoms with Gasteiger partial charge in [0.1, 0.15) is 0 Å². The fourth-order valence-electron chi connectivity index (χ4n) is 1.67. The van der Waals surface area contributed by atoms with Gasteiger partial charge in [-0.1, -0.05) is 19.1 Å². The maximum atomic E-state index is 11.2. The Morgan fingerprint density at radius 2 is 2.19 bits per heavy atom. The van der Waals surface area contributed by atoms with Crippen LogP contribution in [0.1, 0.15) is 29.2 Å². The Hall–Kier alpha value is -1.82. The second-order valence-corrected chi connectivity index (χ2v) is 3.67. The first-order valence-corrected chi connectivity index (χ1v) is 5.21. The van der Waals surface area contributed by atoms with Crippen molar-refractivity contribution < 1.29 is 9.53 Å². The minimum absolute atomic E-state index is 0.161. The minimum Gasteiger partial charge on any atom is -0.469 e. The summed E-state index contributed by atoms with van der Waals surface area (Å²) in [5.41, 5.74) is 3.39. The number of ether oxygens (including phenoxy) is 1. The first-order chi connectivity index (χ1) is 7.62. The van der Waals surface area contributed by atoms with Crippen molar-refractivity contribution in [3.8, 4) is 6.07 Å². The highest BCUT2D eigenvalue weighted by molar-refractivity contribution is 5.73. The topological polar surface area (TPSA) is 50.1 Å². The van der Waals surface area contributed by atoms with E-state index in [0.29, 0.717) is 5.56 Å². The van der Waals surface area contributed by atoms with Gasteiger partial charge in [-0.05, 0) is 30.0 Å². The van der Waals surface area contributed by atoms with Crippen LogP contribution >= 0.6 is 0 Å². The summed E-state index contributed by atoms with van der Waals surface area (Å²) >= 11 is 0. The van der Waals surface area contributed by atoms with E-state index >= 15 is 0 Å². The number of nitriles is 1. The summed E-state index contributed by atoms with van der Waals surface area (Å²) in [6, 6.07) is 6.03. The van der Waals surface area contributed by atoms with E-state index in [1.165, 1.54) is 7.11 Å². The van der Waals surface area contributed by atoms with Gasteiger partial charge in [-0.3, -0.25) is 4.79 Å². The SMILES string of the molecule is CCc1cc(C)c(C#N)c(CC(=O)OC)c1. The number of carbonyl (C=O) groups is 1. The summed E-state index contributed by atoms with van der Waals surface area (Å²) in [7, 11) is 1.35. The molecule has 0 radical (unpaired) electrons. The third kappa shape index (κ3) is 2.60. The molecule has 0 aliphatic rings. The molecular weight excluding hydrogens is 202 g/mol. The van der Waals surface area contributed by atoms with Crippen LogP contribution in [0.15, 0.2) is 12.1 Å². The summed E-state index contributed by atoms with van der Waals surface area (Å²) in [5.74, 6) is -0.316. The number of esters is 1. The Kier molecular flexibility index (Phi) is 4.07. The zero-order valence-corrected chi connectivity index (χ0v) is 9.83. The number of carbonyl (C=O) groups excluding carboxylic acids is 1. The zero-order chi connectivity index (χ0) is 12.1. The number of hydrogen-bond donors (Lipinski definition) is 0. The van der Waals surface area contributed by atoms with E-state index in [1.807, 2.05) is 26.0 Å². The Morgan fingerprint density at radius 3 is 2.69 bits per heavy atom. The molecule has 3 nitrogen and oxygen atoms in total. The van der Waals surface area contributed by atoms with E-state index in [9.17, 15) is 4.79 Å². The predicted molar refractivity (Wildman–Crippen MR) is 61.0 cm³/mol. The Bertz CT molecular complexity index is 444. The zero-order valence-electron chi connectivity index (χ0n) is 9.83. The van der Waals surface area contributed by atoms with Crippen molar-refractivity contribution in [2.24, 2.45) is 0 Å². The highest BCUT2D eigenvalue weighted by atomic mass is 16.5. The van der Waals surface area contributed by atoms with Gasteiger partial charge in [0, 0.05) is 0 Å². The fourth-order valence-corrected chi connectivity index (χ4v) is 1.67. The molecule has 0 N–H and O–H groups in total. The molecule has 1 aromatic rings. The first-order valence-electron chi connectivity index (χ1n) is 5.21. The average Bonchev–Trinajstić information content (AvgIpc) is 2.28. The van der Waals surface area contributed by atoms with Gasteiger partial charge < -0.3 is 4.74 Å². The van der Waals surface area contributed by atoms with Crippen molar-refractivity contribution in [1.29, 1.82) is 5.26 Å². The van der Waals surface area contributed by atoms with Crippen LogP contribution in [0, 0.1) is 18.3 Å². The molecular formula is C13H15NO2. The number of benzene rings is 1. The summed E-state index contributed by atoms with van der Waals surface area (Å²) in [5, 5.41) is 9.05. The summed E-state index contributed by atoms with van der Waals surface area (Å²) < 4.78 is 4.62. The van der Waals surface area contributed by atoms with Gasteiger partial charge in [0.2, 0.25) is 0 Å². The van der Waals surface area contributed by atoms with Crippen molar-refractivity contribution in [1.82, 2.24) is 0 Å². The van der Waals surface area contributed by atoms with E-state index in [1.54, 1.807) is 0 Å². The minimum atomic E-state index is -0.316. The molecule has 0 spiro atoms. The van der Waals surface area contributed by atoms with Gasteiger partial charge in [-0.25, -0.2) is 0 Å². The Labute approximate surface area is 95.7 Å². The van der Waals surface area contributed by atoms with Gasteiger partial charge in [0.25, 0.3) is 0 Å². The lowest BCUT2D eigenvalue weighted by atomic mass is 9.96. The molecule has 0 aromatic heterocycles. The smallest absolute Gasteiger partial charge is 0.310 e. The largest absolute Gasteiger partial charge is 0.469 e. The highest BCUT2D eigenvalue weighted by Crippen LogP contribution is 2.18. The molecule has 0 bridgehead atoms. The number of hydrogen-bond acceptors (Lipinski definition) is 3. The fraction of sp³-hybridized carbons (Fsp3) is 0.385. The standard InChI is InChI=1S/C13H15NO2/c1-4-10-5-9(2)12(8-14)11(6-10)7-13(15)16-3/h5-6H,4,7H2,1-3H3. The van der Waals surface area contributed by atoms with Gasteiger partial charge in [0.15, 0.2) is 0 Å². The van der Waals surface area contributed by atoms with E-state index in [2.05, 4.69) is 10.8 Å². The number of rotatable bonds is 3. The molecule has 0 unspecified atom stereocenters. The number of aryl methyl sites for hydroxylation is 2. The second kappa shape index (κ2) is 5.32. The third-order valence-electron chi connectivity index (χ3n) is 2.56. The van der Waals surface area contributed by atoms with Gasteiger partial charge >= 0.3 is 5.97 Å². The Balaban J connectivity index is 3.19. The maximum absolute atomic E-state index is 11.2. The van der Waals surface area contributed by atoms with Crippen LogP contribution in [0.4, 0.5) is 0 Å². The van der Waals surface area contributed by atoms with E-state index in [4.69, 9.17) is 5.26 Å². The lowest BCUT2D eigenvalue weighted by Gasteiger charge is -2.08. The summed E-state index contributed by atoms with van der Waals surface area (Å²) in [6.07, 6.45) is 1.05. The number of methoxy groups -OCH3 is 1. The van der Waals surface area contributed by atoms with Crippen LogP contribution in [0.5, 0.6) is 0 Å². The monoisotopic (exact) mass is 217 g/mol. The summed E-state index contributed by atoms with van der Waals surface area (Å²) in [6.45, 7) is 3.93. The second-order valence-electron chi connectivity index (χ2n) is 3.67. The first kappa shape index (κ1) is 12.3. The van der Waals surface area contributed by atoms with Crippen LogP contribution in [-0.2, 0) is 22.4 Å². The van der Waals surface area contributed by atoms with Gasteiger partial charge in [0.05, 0.1) is 25.2 Å². The van der Waals surface area contributed by atoms with Crippen LogP contribution in [0.25, 0.3) is 0 Å². The molecule has 0 saturated carbocycles. The number of nitrogens with zero attached hydrogens (tertiary/aromatic N) is 1.